The van der Waals surface area contributed by atoms with E-state index in [0.717, 1.165) is 19.3 Å². The minimum Gasteiger partial charge on any atom is -0.494 e. The summed E-state index contributed by atoms with van der Waals surface area (Å²) in [6.07, 6.45) is 5.60. The molecule has 1 aliphatic rings. The van der Waals surface area contributed by atoms with Gasteiger partial charge in [-0.05, 0) is 30.7 Å². The molecule has 1 aromatic rings. The number of ether oxygens (including phenoxy) is 1. The van der Waals surface area contributed by atoms with Gasteiger partial charge in [-0.15, -0.1) is 0 Å². The molecule has 0 aromatic heterocycles. The zero-order valence-electron chi connectivity index (χ0n) is 11.2. The molecule has 1 fully saturated rings. The fraction of sp³-hybridized carbons (Fsp3) is 0.600. The molecule has 0 heterocycles. The van der Waals surface area contributed by atoms with Crippen LogP contribution in [0.15, 0.2) is 18.2 Å². The van der Waals surface area contributed by atoms with E-state index in [4.69, 9.17) is 10.5 Å². The monoisotopic (exact) mass is 251 g/mol. The van der Waals surface area contributed by atoms with Crippen molar-refractivity contribution in [2.45, 2.75) is 45.1 Å². The summed E-state index contributed by atoms with van der Waals surface area (Å²) in [7, 11) is 1.48. The standard InChI is InChI=1S/C15H22FNO/c1-3-15(9-4-5-10-15)14(17)11-7-6-8-12(18-2)13(11)16/h6-8,14H,3-5,9-10,17H2,1-2H3. The van der Waals surface area contributed by atoms with E-state index >= 15 is 0 Å². The number of methoxy groups -OCH3 is 1. The van der Waals surface area contributed by atoms with Gasteiger partial charge < -0.3 is 10.5 Å². The Bertz CT molecular complexity index is 413. The van der Waals surface area contributed by atoms with Crippen molar-refractivity contribution in [2.24, 2.45) is 11.1 Å². The lowest BCUT2D eigenvalue weighted by Gasteiger charge is -2.35. The van der Waals surface area contributed by atoms with Crippen molar-refractivity contribution in [1.29, 1.82) is 0 Å². The van der Waals surface area contributed by atoms with E-state index in [2.05, 4.69) is 6.92 Å². The lowest BCUT2D eigenvalue weighted by molar-refractivity contribution is 0.217. The summed E-state index contributed by atoms with van der Waals surface area (Å²) >= 11 is 0. The number of hydrogen-bond donors (Lipinski definition) is 1. The van der Waals surface area contributed by atoms with Gasteiger partial charge in [0.2, 0.25) is 0 Å². The van der Waals surface area contributed by atoms with Crippen LogP contribution in [0.4, 0.5) is 4.39 Å². The second-order valence-corrected chi connectivity index (χ2v) is 5.26. The average molecular weight is 251 g/mol. The summed E-state index contributed by atoms with van der Waals surface area (Å²) in [4.78, 5) is 0. The largest absolute Gasteiger partial charge is 0.494 e. The van der Waals surface area contributed by atoms with Gasteiger partial charge in [0.15, 0.2) is 11.6 Å². The van der Waals surface area contributed by atoms with Crippen LogP contribution in [-0.2, 0) is 0 Å². The highest BCUT2D eigenvalue weighted by atomic mass is 19.1. The predicted molar refractivity (Wildman–Crippen MR) is 71.1 cm³/mol. The van der Waals surface area contributed by atoms with Gasteiger partial charge in [-0.25, -0.2) is 4.39 Å². The molecule has 2 N–H and O–H groups in total. The molecule has 1 saturated carbocycles. The molecule has 0 bridgehead atoms. The minimum absolute atomic E-state index is 0.0627. The van der Waals surface area contributed by atoms with Crippen LogP contribution in [0.25, 0.3) is 0 Å². The maximum absolute atomic E-state index is 14.3. The molecule has 0 radical (unpaired) electrons. The zero-order chi connectivity index (χ0) is 13.2. The molecular formula is C15H22FNO. The predicted octanol–water partition coefficient (Wildman–Crippen LogP) is 3.80. The summed E-state index contributed by atoms with van der Waals surface area (Å²) in [6, 6.07) is 5.01. The van der Waals surface area contributed by atoms with E-state index in [1.165, 1.54) is 20.0 Å². The third-order valence-electron chi connectivity index (χ3n) is 4.51. The Morgan fingerprint density at radius 1 is 1.39 bits per heavy atom. The van der Waals surface area contributed by atoms with Crippen molar-refractivity contribution >= 4 is 0 Å². The van der Waals surface area contributed by atoms with Crippen molar-refractivity contribution in [3.63, 3.8) is 0 Å². The van der Waals surface area contributed by atoms with Crippen LogP contribution in [0.1, 0.15) is 50.6 Å². The van der Waals surface area contributed by atoms with Gasteiger partial charge in [0.05, 0.1) is 7.11 Å². The molecule has 1 aromatic carbocycles. The maximum atomic E-state index is 14.3. The Morgan fingerprint density at radius 3 is 2.61 bits per heavy atom. The fourth-order valence-electron chi connectivity index (χ4n) is 3.22. The van der Waals surface area contributed by atoms with Gasteiger partial charge in [-0.2, -0.15) is 0 Å². The highest BCUT2D eigenvalue weighted by Crippen LogP contribution is 2.49. The number of benzene rings is 1. The first-order valence-electron chi connectivity index (χ1n) is 6.72. The third kappa shape index (κ3) is 2.12. The first-order chi connectivity index (χ1) is 8.64. The van der Waals surface area contributed by atoms with Crippen LogP contribution in [0.2, 0.25) is 0 Å². The molecule has 0 spiro atoms. The molecule has 1 aliphatic carbocycles. The van der Waals surface area contributed by atoms with Crippen molar-refractivity contribution in [1.82, 2.24) is 0 Å². The Hall–Kier alpha value is -1.09. The molecule has 100 valence electrons. The summed E-state index contributed by atoms with van der Waals surface area (Å²) < 4.78 is 19.3. The molecule has 18 heavy (non-hydrogen) atoms. The highest BCUT2D eigenvalue weighted by Gasteiger charge is 2.39. The number of rotatable bonds is 4. The molecule has 2 nitrogen and oxygen atoms in total. The zero-order valence-corrected chi connectivity index (χ0v) is 11.2. The minimum atomic E-state index is -0.299. The number of hydrogen-bond acceptors (Lipinski definition) is 2. The van der Waals surface area contributed by atoms with Crippen molar-refractivity contribution in [2.75, 3.05) is 7.11 Å². The van der Waals surface area contributed by atoms with Gasteiger partial charge >= 0.3 is 0 Å². The molecular weight excluding hydrogens is 229 g/mol. The molecule has 2 rings (SSSR count). The number of nitrogens with two attached hydrogens (primary N) is 1. The Labute approximate surface area is 108 Å². The van der Waals surface area contributed by atoms with Crippen LogP contribution >= 0.6 is 0 Å². The molecule has 0 amide bonds. The maximum Gasteiger partial charge on any atom is 0.169 e. The van der Waals surface area contributed by atoms with E-state index in [0.29, 0.717) is 5.56 Å². The van der Waals surface area contributed by atoms with Crippen LogP contribution in [0.3, 0.4) is 0 Å². The summed E-state index contributed by atoms with van der Waals surface area (Å²) in [6.45, 7) is 2.16. The molecule has 0 saturated heterocycles. The first kappa shape index (κ1) is 13.3. The summed E-state index contributed by atoms with van der Waals surface area (Å²) in [5, 5.41) is 0. The lowest BCUT2D eigenvalue weighted by atomic mass is 9.74. The van der Waals surface area contributed by atoms with Gasteiger partial charge in [0.25, 0.3) is 0 Å². The second kappa shape index (κ2) is 5.27. The Kier molecular flexibility index (Phi) is 3.91. The second-order valence-electron chi connectivity index (χ2n) is 5.26. The highest BCUT2D eigenvalue weighted by molar-refractivity contribution is 5.34. The average Bonchev–Trinajstić information content (AvgIpc) is 2.88. The lowest BCUT2D eigenvalue weighted by Crippen LogP contribution is -2.32. The Morgan fingerprint density at radius 2 is 2.06 bits per heavy atom. The van der Waals surface area contributed by atoms with Gasteiger partial charge in [-0.1, -0.05) is 31.9 Å². The van der Waals surface area contributed by atoms with Crippen LogP contribution in [0, 0.1) is 11.2 Å². The van der Waals surface area contributed by atoms with Crippen LogP contribution in [0.5, 0.6) is 5.75 Å². The normalized spacial score (nSPS) is 19.8. The van der Waals surface area contributed by atoms with E-state index in [-0.39, 0.29) is 23.0 Å². The van der Waals surface area contributed by atoms with Crippen LogP contribution < -0.4 is 10.5 Å². The summed E-state index contributed by atoms with van der Waals surface area (Å²) in [5.41, 5.74) is 7.03. The molecule has 3 heteroatoms. The quantitative estimate of drug-likeness (QED) is 0.883. The SMILES string of the molecule is CCC1(C(N)c2cccc(OC)c2F)CCCC1. The first-order valence-corrected chi connectivity index (χ1v) is 6.72. The fourth-order valence-corrected chi connectivity index (χ4v) is 3.22. The van der Waals surface area contributed by atoms with Gasteiger partial charge in [0.1, 0.15) is 0 Å². The Balaban J connectivity index is 2.36. The van der Waals surface area contributed by atoms with Crippen molar-refractivity contribution in [3.05, 3.63) is 29.6 Å². The summed E-state index contributed by atoms with van der Waals surface area (Å²) in [5.74, 6) is -0.0144. The topological polar surface area (TPSA) is 35.2 Å². The van der Waals surface area contributed by atoms with E-state index in [9.17, 15) is 4.39 Å². The van der Waals surface area contributed by atoms with Crippen LogP contribution in [-0.4, -0.2) is 7.11 Å². The third-order valence-corrected chi connectivity index (χ3v) is 4.51. The van der Waals surface area contributed by atoms with Crippen molar-refractivity contribution < 1.29 is 9.13 Å². The molecule has 1 atom stereocenters. The van der Waals surface area contributed by atoms with E-state index in [1.54, 1.807) is 12.1 Å². The smallest absolute Gasteiger partial charge is 0.169 e. The van der Waals surface area contributed by atoms with Crippen molar-refractivity contribution in [3.8, 4) is 5.75 Å². The number of halogens is 1. The van der Waals surface area contributed by atoms with Gasteiger partial charge in [-0.3, -0.25) is 0 Å². The van der Waals surface area contributed by atoms with E-state index < -0.39 is 0 Å². The van der Waals surface area contributed by atoms with E-state index in [1.807, 2.05) is 6.07 Å². The van der Waals surface area contributed by atoms with Gasteiger partial charge in [0, 0.05) is 11.6 Å². The molecule has 1 unspecified atom stereocenters. The molecule has 0 aliphatic heterocycles.